The van der Waals surface area contributed by atoms with Crippen LogP contribution < -0.4 is 15.4 Å². The van der Waals surface area contributed by atoms with Crippen LogP contribution in [0.3, 0.4) is 0 Å². The van der Waals surface area contributed by atoms with Crippen molar-refractivity contribution >= 4 is 28.3 Å². The highest BCUT2D eigenvalue weighted by molar-refractivity contribution is 7.14. The molecular weight excluding hydrogens is 410 g/mol. The summed E-state index contributed by atoms with van der Waals surface area (Å²) in [5.41, 5.74) is 4.99. The maximum absolute atomic E-state index is 12.2. The molecular formula is C24H27N3O3S. The SMILES string of the molecule is CC(=O)NCc1ccc(-c2csc(NC(=O)CCCOc3c(C)cccc3C)n2)cc1. The van der Waals surface area contributed by atoms with Gasteiger partial charge in [0.2, 0.25) is 11.8 Å². The molecule has 7 heteroatoms. The highest BCUT2D eigenvalue weighted by atomic mass is 32.1. The van der Waals surface area contributed by atoms with Crippen molar-refractivity contribution in [2.75, 3.05) is 11.9 Å². The Labute approximate surface area is 186 Å². The van der Waals surface area contributed by atoms with E-state index in [1.165, 1.54) is 18.3 Å². The summed E-state index contributed by atoms with van der Waals surface area (Å²) >= 11 is 1.40. The van der Waals surface area contributed by atoms with Crippen LogP contribution >= 0.6 is 11.3 Å². The minimum Gasteiger partial charge on any atom is -0.493 e. The number of amides is 2. The van der Waals surface area contributed by atoms with Gasteiger partial charge in [0.1, 0.15) is 5.75 Å². The third-order valence-corrected chi connectivity index (χ3v) is 5.50. The van der Waals surface area contributed by atoms with Crippen LogP contribution in [0.2, 0.25) is 0 Å². The smallest absolute Gasteiger partial charge is 0.226 e. The molecule has 31 heavy (non-hydrogen) atoms. The number of para-hydroxylation sites is 1. The van der Waals surface area contributed by atoms with Crippen molar-refractivity contribution in [1.82, 2.24) is 10.3 Å². The van der Waals surface area contributed by atoms with Crippen LogP contribution in [0.4, 0.5) is 5.13 Å². The molecule has 0 aliphatic heterocycles. The van der Waals surface area contributed by atoms with Gasteiger partial charge in [0, 0.05) is 30.8 Å². The Bertz CT molecular complexity index is 1020. The molecule has 1 aromatic heterocycles. The Kier molecular flexibility index (Phi) is 7.78. The first-order chi connectivity index (χ1) is 14.9. The monoisotopic (exact) mass is 437 g/mol. The van der Waals surface area contributed by atoms with E-state index in [0.717, 1.165) is 33.7 Å². The first-order valence-corrected chi connectivity index (χ1v) is 11.1. The van der Waals surface area contributed by atoms with Crippen LogP contribution in [0.25, 0.3) is 11.3 Å². The second kappa shape index (κ2) is 10.7. The van der Waals surface area contributed by atoms with Crippen LogP contribution in [0.1, 0.15) is 36.5 Å². The molecule has 0 saturated heterocycles. The molecule has 0 radical (unpaired) electrons. The third-order valence-electron chi connectivity index (χ3n) is 4.75. The van der Waals surface area contributed by atoms with Crippen LogP contribution in [0, 0.1) is 13.8 Å². The summed E-state index contributed by atoms with van der Waals surface area (Å²) in [6.45, 7) is 6.53. The molecule has 0 aliphatic rings. The van der Waals surface area contributed by atoms with E-state index in [1.54, 1.807) is 0 Å². The lowest BCUT2D eigenvalue weighted by Gasteiger charge is -2.11. The normalized spacial score (nSPS) is 10.5. The maximum atomic E-state index is 12.2. The number of aromatic nitrogens is 1. The first-order valence-electron chi connectivity index (χ1n) is 10.2. The van der Waals surface area contributed by atoms with Gasteiger partial charge in [-0.2, -0.15) is 0 Å². The maximum Gasteiger partial charge on any atom is 0.226 e. The van der Waals surface area contributed by atoms with E-state index in [1.807, 2.05) is 61.7 Å². The minimum absolute atomic E-state index is 0.0548. The standard InChI is InChI=1S/C24H27N3O3S/c1-16-6-4-7-17(2)23(16)30-13-5-8-22(29)27-24-26-21(15-31-24)20-11-9-19(10-12-20)14-25-18(3)28/h4,6-7,9-12,15H,5,8,13-14H2,1-3H3,(H,25,28)(H,26,27,29). The topological polar surface area (TPSA) is 80.3 Å². The van der Waals surface area contributed by atoms with Gasteiger partial charge in [0.15, 0.2) is 5.13 Å². The van der Waals surface area contributed by atoms with Gasteiger partial charge in [-0.15, -0.1) is 11.3 Å². The number of ether oxygens (including phenoxy) is 1. The molecule has 1 heterocycles. The van der Waals surface area contributed by atoms with E-state index < -0.39 is 0 Å². The van der Waals surface area contributed by atoms with Crippen molar-refractivity contribution in [2.45, 2.75) is 40.2 Å². The molecule has 3 rings (SSSR count). The Hall–Kier alpha value is -3.19. The Morgan fingerprint density at radius 2 is 1.77 bits per heavy atom. The van der Waals surface area contributed by atoms with Crippen LogP contribution in [-0.4, -0.2) is 23.4 Å². The quantitative estimate of drug-likeness (QED) is 0.469. The van der Waals surface area contributed by atoms with Crippen molar-refractivity contribution in [2.24, 2.45) is 0 Å². The van der Waals surface area contributed by atoms with Crippen molar-refractivity contribution < 1.29 is 14.3 Å². The van der Waals surface area contributed by atoms with Crippen molar-refractivity contribution in [1.29, 1.82) is 0 Å². The zero-order valence-corrected chi connectivity index (χ0v) is 18.8. The molecule has 2 amide bonds. The zero-order valence-electron chi connectivity index (χ0n) is 18.0. The summed E-state index contributed by atoms with van der Waals surface area (Å²) in [5, 5.41) is 8.14. The number of carbonyl (C=O) groups excluding carboxylic acids is 2. The molecule has 0 spiro atoms. The predicted octanol–water partition coefficient (Wildman–Crippen LogP) is 4.86. The van der Waals surface area contributed by atoms with Gasteiger partial charge in [0.05, 0.1) is 12.3 Å². The number of hydrogen-bond acceptors (Lipinski definition) is 5. The summed E-state index contributed by atoms with van der Waals surface area (Å²) < 4.78 is 5.85. The van der Waals surface area contributed by atoms with E-state index >= 15 is 0 Å². The van der Waals surface area contributed by atoms with E-state index in [4.69, 9.17) is 4.74 Å². The average Bonchev–Trinajstić information content (AvgIpc) is 3.20. The Morgan fingerprint density at radius 3 is 2.45 bits per heavy atom. The number of aryl methyl sites for hydroxylation is 2. The van der Waals surface area contributed by atoms with Crippen LogP contribution in [-0.2, 0) is 16.1 Å². The number of carbonyl (C=O) groups is 2. The summed E-state index contributed by atoms with van der Waals surface area (Å²) in [5.74, 6) is 0.771. The van der Waals surface area contributed by atoms with Gasteiger partial charge in [0.25, 0.3) is 0 Å². The lowest BCUT2D eigenvalue weighted by atomic mass is 10.1. The third kappa shape index (κ3) is 6.65. The van der Waals surface area contributed by atoms with Gasteiger partial charge in [-0.3, -0.25) is 9.59 Å². The van der Waals surface area contributed by atoms with Gasteiger partial charge < -0.3 is 15.4 Å². The fraction of sp³-hybridized carbons (Fsp3) is 0.292. The van der Waals surface area contributed by atoms with E-state index in [2.05, 4.69) is 15.6 Å². The summed E-state index contributed by atoms with van der Waals surface area (Å²) in [7, 11) is 0. The number of anilines is 1. The highest BCUT2D eigenvalue weighted by Crippen LogP contribution is 2.26. The Balaban J connectivity index is 1.46. The van der Waals surface area contributed by atoms with E-state index in [9.17, 15) is 9.59 Å². The van der Waals surface area contributed by atoms with Crippen molar-refractivity contribution in [3.8, 4) is 17.0 Å². The lowest BCUT2D eigenvalue weighted by Crippen LogP contribution is -2.18. The average molecular weight is 438 g/mol. The molecule has 0 atom stereocenters. The second-order valence-electron chi connectivity index (χ2n) is 7.37. The molecule has 0 bridgehead atoms. The molecule has 6 nitrogen and oxygen atoms in total. The van der Waals surface area contributed by atoms with Gasteiger partial charge in [-0.1, -0.05) is 42.5 Å². The highest BCUT2D eigenvalue weighted by Gasteiger charge is 2.09. The van der Waals surface area contributed by atoms with Gasteiger partial charge in [-0.05, 0) is 37.0 Å². The lowest BCUT2D eigenvalue weighted by molar-refractivity contribution is -0.119. The van der Waals surface area contributed by atoms with Gasteiger partial charge in [-0.25, -0.2) is 4.98 Å². The zero-order chi connectivity index (χ0) is 22.2. The number of thiazole rings is 1. The molecule has 2 aromatic carbocycles. The fourth-order valence-electron chi connectivity index (χ4n) is 3.10. The molecule has 162 valence electrons. The van der Waals surface area contributed by atoms with Gasteiger partial charge >= 0.3 is 0 Å². The molecule has 3 aromatic rings. The van der Waals surface area contributed by atoms with Crippen LogP contribution in [0.15, 0.2) is 47.8 Å². The minimum atomic E-state index is -0.0725. The predicted molar refractivity (Wildman–Crippen MR) is 124 cm³/mol. The number of rotatable bonds is 9. The van der Waals surface area contributed by atoms with E-state index in [-0.39, 0.29) is 11.8 Å². The summed E-state index contributed by atoms with van der Waals surface area (Å²) in [6.07, 6.45) is 1.01. The number of benzene rings is 2. The van der Waals surface area contributed by atoms with E-state index in [0.29, 0.717) is 31.1 Å². The number of hydrogen-bond donors (Lipinski definition) is 2. The fourth-order valence-corrected chi connectivity index (χ4v) is 3.84. The second-order valence-corrected chi connectivity index (χ2v) is 8.22. The van der Waals surface area contributed by atoms with Crippen LogP contribution in [0.5, 0.6) is 5.75 Å². The molecule has 0 unspecified atom stereocenters. The van der Waals surface area contributed by atoms with Crippen molar-refractivity contribution in [3.05, 3.63) is 64.5 Å². The number of nitrogens with one attached hydrogen (secondary N) is 2. The number of nitrogens with zero attached hydrogens (tertiary/aromatic N) is 1. The molecule has 0 aliphatic carbocycles. The molecule has 0 fully saturated rings. The molecule has 2 N–H and O–H groups in total. The summed E-state index contributed by atoms with van der Waals surface area (Å²) in [4.78, 5) is 27.8. The molecule has 0 saturated carbocycles. The Morgan fingerprint density at radius 1 is 1.06 bits per heavy atom. The van der Waals surface area contributed by atoms with Crippen molar-refractivity contribution in [3.63, 3.8) is 0 Å². The largest absolute Gasteiger partial charge is 0.493 e. The first kappa shape index (κ1) is 22.5. The summed E-state index contributed by atoms with van der Waals surface area (Å²) in [6, 6.07) is 13.9.